The molecule has 0 bridgehead atoms. The average Bonchev–Trinajstić information content (AvgIpc) is 2.42. The molecule has 0 saturated heterocycles. The van der Waals surface area contributed by atoms with Crippen LogP contribution >= 0.6 is 11.8 Å². The van der Waals surface area contributed by atoms with E-state index in [1.165, 1.54) is 22.9 Å². The van der Waals surface area contributed by atoms with E-state index in [4.69, 9.17) is 5.11 Å². The Morgan fingerprint density at radius 1 is 1.25 bits per heavy atom. The van der Waals surface area contributed by atoms with Crippen molar-refractivity contribution >= 4 is 17.7 Å². The fourth-order valence-electron chi connectivity index (χ4n) is 1.85. The van der Waals surface area contributed by atoms with Crippen LogP contribution < -0.4 is 0 Å². The number of nitrogens with zero attached hydrogens (tertiary/aromatic N) is 1. The molecule has 2 aromatic rings. The number of aromatic carboxylic acids is 1. The van der Waals surface area contributed by atoms with Crippen molar-refractivity contribution in [3.05, 3.63) is 52.7 Å². The van der Waals surface area contributed by atoms with Gasteiger partial charge in [0.15, 0.2) is 0 Å². The van der Waals surface area contributed by atoms with Crippen molar-refractivity contribution < 1.29 is 9.90 Å². The van der Waals surface area contributed by atoms with Gasteiger partial charge in [0.1, 0.15) is 5.03 Å². The first kappa shape index (κ1) is 14.6. The van der Waals surface area contributed by atoms with E-state index in [1.54, 1.807) is 12.1 Å². The van der Waals surface area contributed by atoms with E-state index in [1.807, 2.05) is 20.8 Å². The average molecular weight is 287 g/mol. The first-order valence-electron chi connectivity index (χ1n) is 6.49. The molecule has 0 fully saturated rings. The molecule has 0 amide bonds. The molecule has 0 radical (unpaired) electrons. The van der Waals surface area contributed by atoms with Gasteiger partial charge in [-0.25, -0.2) is 9.78 Å². The zero-order chi connectivity index (χ0) is 14.7. The molecule has 0 unspecified atom stereocenters. The van der Waals surface area contributed by atoms with Gasteiger partial charge >= 0.3 is 5.97 Å². The number of carbonyl (C=O) groups is 1. The van der Waals surface area contributed by atoms with Crippen LogP contribution in [0.3, 0.4) is 0 Å². The number of aromatic nitrogens is 1. The number of aryl methyl sites for hydroxylation is 3. The summed E-state index contributed by atoms with van der Waals surface area (Å²) in [6, 6.07) is 9.50. The molecule has 1 aromatic heterocycles. The van der Waals surface area contributed by atoms with Crippen LogP contribution in [0.2, 0.25) is 0 Å². The van der Waals surface area contributed by atoms with Crippen molar-refractivity contribution in [1.82, 2.24) is 4.98 Å². The van der Waals surface area contributed by atoms with Crippen LogP contribution in [-0.4, -0.2) is 16.1 Å². The molecule has 1 heterocycles. The van der Waals surface area contributed by atoms with Gasteiger partial charge in [0.25, 0.3) is 0 Å². The Balaban J connectivity index is 2.39. The zero-order valence-corrected chi connectivity index (χ0v) is 12.6. The number of rotatable bonds is 4. The highest BCUT2D eigenvalue weighted by atomic mass is 32.2. The van der Waals surface area contributed by atoms with Gasteiger partial charge in [-0.3, -0.25) is 0 Å². The minimum atomic E-state index is -0.912. The van der Waals surface area contributed by atoms with Gasteiger partial charge in [-0.1, -0.05) is 30.8 Å². The van der Waals surface area contributed by atoms with Crippen LogP contribution in [0.4, 0.5) is 0 Å². The van der Waals surface area contributed by atoms with Crippen LogP contribution in [0.15, 0.2) is 40.3 Å². The van der Waals surface area contributed by atoms with Crippen molar-refractivity contribution in [3.8, 4) is 0 Å². The Bertz CT molecular complexity index is 653. The second-order valence-electron chi connectivity index (χ2n) is 4.72. The lowest BCUT2D eigenvalue weighted by Gasteiger charge is -2.08. The van der Waals surface area contributed by atoms with Crippen molar-refractivity contribution in [3.63, 3.8) is 0 Å². The quantitative estimate of drug-likeness (QED) is 0.919. The maximum atomic E-state index is 11.2. The van der Waals surface area contributed by atoms with Gasteiger partial charge in [0, 0.05) is 10.6 Å². The smallest absolute Gasteiger partial charge is 0.335 e. The lowest BCUT2D eigenvalue weighted by atomic mass is 10.2. The van der Waals surface area contributed by atoms with Crippen LogP contribution in [0.1, 0.15) is 34.1 Å². The highest BCUT2D eigenvalue weighted by Gasteiger charge is 2.10. The van der Waals surface area contributed by atoms with Crippen molar-refractivity contribution in [1.29, 1.82) is 0 Å². The summed E-state index contributed by atoms with van der Waals surface area (Å²) in [5.41, 5.74) is 3.45. The Morgan fingerprint density at radius 3 is 2.65 bits per heavy atom. The van der Waals surface area contributed by atoms with E-state index in [0.717, 1.165) is 22.0 Å². The van der Waals surface area contributed by atoms with Crippen molar-refractivity contribution in [2.24, 2.45) is 0 Å². The summed E-state index contributed by atoms with van der Waals surface area (Å²) in [5, 5.41) is 9.89. The molecule has 20 heavy (non-hydrogen) atoms. The second kappa shape index (κ2) is 6.09. The first-order valence-corrected chi connectivity index (χ1v) is 7.30. The zero-order valence-electron chi connectivity index (χ0n) is 11.8. The molecule has 3 nitrogen and oxygen atoms in total. The number of pyridine rings is 1. The molecule has 0 aliphatic rings. The van der Waals surface area contributed by atoms with Crippen LogP contribution in [-0.2, 0) is 6.42 Å². The molecular formula is C16H17NO2S. The van der Waals surface area contributed by atoms with Crippen LogP contribution in [0, 0.1) is 13.8 Å². The monoisotopic (exact) mass is 287 g/mol. The summed E-state index contributed by atoms with van der Waals surface area (Å²) in [4.78, 5) is 16.8. The minimum absolute atomic E-state index is 0.296. The number of carboxylic acid groups (broad SMARTS) is 1. The predicted octanol–water partition coefficient (Wildman–Crippen LogP) is 4.11. The molecule has 4 heteroatoms. The molecular weight excluding hydrogens is 270 g/mol. The van der Waals surface area contributed by atoms with E-state index in [0.29, 0.717) is 5.56 Å². The predicted molar refractivity (Wildman–Crippen MR) is 80.6 cm³/mol. The molecule has 0 spiro atoms. The van der Waals surface area contributed by atoms with Crippen LogP contribution in [0.25, 0.3) is 0 Å². The molecule has 0 aliphatic carbocycles. The van der Waals surface area contributed by atoms with E-state index in [-0.39, 0.29) is 0 Å². The maximum absolute atomic E-state index is 11.2. The van der Waals surface area contributed by atoms with Gasteiger partial charge < -0.3 is 5.11 Å². The standard InChI is InChI=1S/C16H17NO2S/c1-4-13-8-12(16(18)19)9-15(17-13)20-14-7-10(2)5-6-11(14)3/h5-9H,4H2,1-3H3,(H,18,19). The SMILES string of the molecule is CCc1cc(C(=O)O)cc(Sc2cc(C)ccc2C)n1. The number of hydrogen-bond acceptors (Lipinski definition) is 3. The number of benzene rings is 1. The third kappa shape index (κ3) is 3.39. The molecule has 0 saturated carbocycles. The summed E-state index contributed by atoms with van der Waals surface area (Å²) in [6.07, 6.45) is 0.724. The Kier molecular flexibility index (Phi) is 4.45. The molecule has 0 aliphatic heterocycles. The Labute approximate surface area is 123 Å². The molecule has 104 valence electrons. The summed E-state index contributed by atoms with van der Waals surface area (Å²) in [7, 11) is 0. The van der Waals surface area contributed by atoms with Gasteiger partial charge in [-0.15, -0.1) is 0 Å². The highest BCUT2D eigenvalue weighted by Crippen LogP contribution is 2.30. The van der Waals surface area contributed by atoms with Gasteiger partial charge in [-0.2, -0.15) is 0 Å². The number of hydrogen-bond donors (Lipinski definition) is 1. The third-order valence-corrected chi connectivity index (χ3v) is 4.10. The van der Waals surface area contributed by atoms with Gasteiger partial charge in [-0.05, 0) is 49.6 Å². The third-order valence-electron chi connectivity index (χ3n) is 3.02. The topological polar surface area (TPSA) is 50.2 Å². The van der Waals surface area contributed by atoms with Gasteiger partial charge in [0.05, 0.1) is 5.56 Å². The Hall–Kier alpha value is -1.81. The lowest BCUT2D eigenvalue weighted by Crippen LogP contribution is -2.00. The fraction of sp³-hybridized carbons (Fsp3) is 0.250. The molecule has 1 aromatic carbocycles. The van der Waals surface area contributed by atoms with Gasteiger partial charge in [0.2, 0.25) is 0 Å². The van der Waals surface area contributed by atoms with E-state index in [2.05, 4.69) is 23.2 Å². The first-order chi connectivity index (χ1) is 9.49. The Morgan fingerprint density at radius 2 is 2.00 bits per heavy atom. The van der Waals surface area contributed by atoms with Crippen molar-refractivity contribution in [2.45, 2.75) is 37.1 Å². The molecule has 1 N–H and O–H groups in total. The molecule has 0 atom stereocenters. The normalized spacial score (nSPS) is 10.6. The second-order valence-corrected chi connectivity index (χ2v) is 5.78. The minimum Gasteiger partial charge on any atom is -0.478 e. The summed E-state index contributed by atoms with van der Waals surface area (Å²) in [6.45, 7) is 6.06. The highest BCUT2D eigenvalue weighted by molar-refractivity contribution is 7.99. The summed E-state index contributed by atoms with van der Waals surface area (Å²) >= 11 is 1.52. The van der Waals surface area contributed by atoms with E-state index < -0.39 is 5.97 Å². The summed E-state index contributed by atoms with van der Waals surface area (Å²) < 4.78 is 0. The number of carboxylic acids is 1. The maximum Gasteiger partial charge on any atom is 0.335 e. The fourth-order valence-corrected chi connectivity index (χ4v) is 2.90. The van der Waals surface area contributed by atoms with Crippen molar-refractivity contribution in [2.75, 3.05) is 0 Å². The molecule has 2 rings (SSSR count). The lowest BCUT2D eigenvalue weighted by molar-refractivity contribution is 0.0696. The largest absolute Gasteiger partial charge is 0.478 e. The van der Waals surface area contributed by atoms with Crippen LogP contribution in [0.5, 0.6) is 0 Å². The van der Waals surface area contributed by atoms with E-state index in [9.17, 15) is 4.79 Å². The van der Waals surface area contributed by atoms with E-state index >= 15 is 0 Å². The summed E-state index contributed by atoms with van der Waals surface area (Å²) in [5.74, 6) is -0.912.